The molecule has 1 amide bonds. The molecule has 6 heteroatoms. The van der Waals surface area contributed by atoms with Crippen molar-refractivity contribution < 1.29 is 14.3 Å². The molecule has 1 aliphatic rings. The van der Waals surface area contributed by atoms with Crippen LogP contribution in [-0.4, -0.2) is 24.8 Å². The van der Waals surface area contributed by atoms with E-state index in [1.54, 1.807) is 18.3 Å². The predicted octanol–water partition coefficient (Wildman–Crippen LogP) is 2.74. The molecule has 112 valence electrons. The SMILES string of the molecule is O=C(NN=Cc1cccc(Br)c1)[C@H]1COc2ccccc2O1. The molecule has 0 saturated heterocycles. The van der Waals surface area contributed by atoms with Crippen LogP contribution in [-0.2, 0) is 4.79 Å². The molecule has 22 heavy (non-hydrogen) atoms. The third kappa shape index (κ3) is 3.46. The summed E-state index contributed by atoms with van der Waals surface area (Å²) in [6.07, 6.45) is 0.856. The first-order valence-electron chi connectivity index (χ1n) is 6.69. The minimum Gasteiger partial charge on any atom is -0.485 e. The van der Waals surface area contributed by atoms with Gasteiger partial charge in [0, 0.05) is 4.47 Å². The van der Waals surface area contributed by atoms with Gasteiger partial charge in [0.25, 0.3) is 5.91 Å². The lowest BCUT2D eigenvalue weighted by Crippen LogP contribution is -2.42. The molecule has 1 aliphatic heterocycles. The van der Waals surface area contributed by atoms with Crippen molar-refractivity contribution in [1.29, 1.82) is 0 Å². The number of amides is 1. The number of carbonyl (C=O) groups excluding carboxylic acids is 1. The van der Waals surface area contributed by atoms with Crippen molar-refractivity contribution in [3.8, 4) is 11.5 Å². The van der Waals surface area contributed by atoms with Gasteiger partial charge in [0.1, 0.15) is 6.61 Å². The fraction of sp³-hybridized carbons (Fsp3) is 0.125. The Morgan fingerprint density at radius 2 is 2.05 bits per heavy atom. The summed E-state index contributed by atoms with van der Waals surface area (Å²) in [6, 6.07) is 14.8. The van der Waals surface area contributed by atoms with Crippen molar-refractivity contribution in [1.82, 2.24) is 5.43 Å². The van der Waals surface area contributed by atoms with E-state index >= 15 is 0 Å². The van der Waals surface area contributed by atoms with Crippen LogP contribution in [0.5, 0.6) is 11.5 Å². The zero-order valence-corrected chi connectivity index (χ0v) is 13.1. The van der Waals surface area contributed by atoms with Gasteiger partial charge in [-0.2, -0.15) is 5.10 Å². The molecule has 1 atom stereocenters. The van der Waals surface area contributed by atoms with E-state index < -0.39 is 6.10 Å². The maximum Gasteiger partial charge on any atom is 0.284 e. The third-order valence-corrected chi connectivity index (χ3v) is 3.53. The number of halogens is 1. The van der Waals surface area contributed by atoms with Gasteiger partial charge in [-0.1, -0.05) is 40.2 Å². The Morgan fingerprint density at radius 3 is 2.86 bits per heavy atom. The number of hydrazone groups is 1. The second-order valence-electron chi connectivity index (χ2n) is 4.65. The number of ether oxygens (including phenoxy) is 2. The van der Waals surface area contributed by atoms with Crippen LogP contribution in [0.15, 0.2) is 58.1 Å². The number of nitrogens with one attached hydrogen (secondary N) is 1. The molecule has 2 aromatic rings. The Kier molecular flexibility index (Phi) is 4.39. The van der Waals surface area contributed by atoms with E-state index in [4.69, 9.17) is 9.47 Å². The van der Waals surface area contributed by atoms with Gasteiger partial charge in [0.2, 0.25) is 6.10 Å². The first kappa shape index (κ1) is 14.6. The standard InChI is InChI=1S/C16H13BrN2O3/c17-12-5-3-4-11(8-12)9-18-19-16(20)15-10-21-13-6-1-2-7-14(13)22-15/h1-9,15H,10H2,(H,19,20)/t15-/m1/s1. The molecule has 0 spiro atoms. The van der Waals surface area contributed by atoms with E-state index in [-0.39, 0.29) is 12.5 Å². The molecular weight excluding hydrogens is 348 g/mol. The van der Waals surface area contributed by atoms with Gasteiger partial charge in [0.05, 0.1) is 6.21 Å². The molecule has 0 aromatic heterocycles. The molecule has 0 aliphatic carbocycles. The molecule has 5 nitrogen and oxygen atoms in total. The number of nitrogens with zero attached hydrogens (tertiary/aromatic N) is 1. The van der Waals surface area contributed by atoms with Crippen LogP contribution in [0.1, 0.15) is 5.56 Å². The van der Waals surface area contributed by atoms with Crippen molar-refractivity contribution in [2.75, 3.05) is 6.61 Å². The van der Waals surface area contributed by atoms with Gasteiger partial charge in [-0.05, 0) is 29.8 Å². The van der Waals surface area contributed by atoms with Gasteiger partial charge in [-0.25, -0.2) is 5.43 Å². The van der Waals surface area contributed by atoms with Gasteiger partial charge in [0.15, 0.2) is 11.5 Å². The summed E-state index contributed by atoms with van der Waals surface area (Å²) in [5.41, 5.74) is 3.34. The number of carbonyl (C=O) groups is 1. The average Bonchev–Trinajstić information content (AvgIpc) is 2.54. The molecule has 0 radical (unpaired) electrons. The quantitative estimate of drug-likeness (QED) is 0.676. The highest BCUT2D eigenvalue weighted by molar-refractivity contribution is 9.10. The van der Waals surface area contributed by atoms with E-state index in [1.165, 1.54) is 0 Å². The van der Waals surface area contributed by atoms with Crippen molar-refractivity contribution in [2.45, 2.75) is 6.10 Å². The van der Waals surface area contributed by atoms with Crippen molar-refractivity contribution in [3.05, 3.63) is 58.6 Å². The van der Waals surface area contributed by atoms with Crippen LogP contribution in [0.3, 0.4) is 0 Å². The smallest absolute Gasteiger partial charge is 0.284 e. The second-order valence-corrected chi connectivity index (χ2v) is 5.57. The lowest BCUT2D eigenvalue weighted by atomic mass is 10.2. The molecule has 0 fully saturated rings. The zero-order valence-electron chi connectivity index (χ0n) is 11.5. The van der Waals surface area contributed by atoms with Gasteiger partial charge < -0.3 is 9.47 Å². The lowest BCUT2D eigenvalue weighted by molar-refractivity contribution is -0.130. The molecular formula is C16H13BrN2O3. The van der Waals surface area contributed by atoms with Crippen LogP contribution in [0.2, 0.25) is 0 Å². The summed E-state index contributed by atoms with van der Waals surface area (Å²) >= 11 is 3.38. The minimum absolute atomic E-state index is 0.162. The number of benzene rings is 2. The maximum atomic E-state index is 12.0. The Morgan fingerprint density at radius 1 is 1.23 bits per heavy atom. The van der Waals surface area contributed by atoms with Crippen LogP contribution >= 0.6 is 15.9 Å². The van der Waals surface area contributed by atoms with Gasteiger partial charge in [-0.3, -0.25) is 4.79 Å². The van der Waals surface area contributed by atoms with Crippen molar-refractivity contribution in [3.63, 3.8) is 0 Å². The van der Waals surface area contributed by atoms with E-state index in [9.17, 15) is 4.79 Å². The molecule has 2 aromatic carbocycles. The zero-order chi connectivity index (χ0) is 15.4. The monoisotopic (exact) mass is 360 g/mol. The van der Waals surface area contributed by atoms with E-state index in [1.807, 2.05) is 36.4 Å². The second kappa shape index (κ2) is 6.62. The topological polar surface area (TPSA) is 59.9 Å². The van der Waals surface area contributed by atoms with Crippen LogP contribution < -0.4 is 14.9 Å². The Bertz CT molecular complexity index is 718. The van der Waals surface area contributed by atoms with E-state index in [2.05, 4.69) is 26.5 Å². The first-order chi connectivity index (χ1) is 10.7. The fourth-order valence-corrected chi connectivity index (χ4v) is 2.39. The number of rotatable bonds is 3. The Hall–Kier alpha value is -2.34. The molecule has 0 unspecified atom stereocenters. The average molecular weight is 361 g/mol. The van der Waals surface area contributed by atoms with Gasteiger partial charge >= 0.3 is 0 Å². The summed E-state index contributed by atoms with van der Waals surface area (Å²) in [5, 5.41) is 3.93. The van der Waals surface area contributed by atoms with E-state index in [0.717, 1.165) is 10.0 Å². The van der Waals surface area contributed by atoms with Crippen molar-refractivity contribution >= 4 is 28.1 Å². The summed E-state index contributed by atoms with van der Waals surface area (Å²) in [5.74, 6) is 0.856. The molecule has 1 N–H and O–H groups in total. The number of fused-ring (bicyclic) bond motifs is 1. The molecule has 3 rings (SSSR count). The largest absolute Gasteiger partial charge is 0.485 e. The van der Waals surface area contributed by atoms with Gasteiger partial charge in [-0.15, -0.1) is 0 Å². The van der Waals surface area contributed by atoms with Crippen LogP contribution in [0.4, 0.5) is 0 Å². The van der Waals surface area contributed by atoms with E-state index in [0.29, 0.717) is 11.5 Å². The van der Waals surface area contributed by atoms with Crippen LogP contribution in [0, 0.1) is 0 Å². The Labute approximate surface area is 136 Å². The summed E-state index contributed by atoms with van der Waals surface area (Å²) in [7, 11) is 0. The first-order valence-corrected chi connectivity index (χ1v) is 7.48. The Balaban J connectivity index is 1.59. The minimum atomic E-state index is -0.713. The highest BCUT2D eigenvalue weighted by Gasteiger charge is 2.26. The van der Waals surface area contributed by atoms with Crippen molar-refractivity contribution in [2.24, 2.45) is 5.10 Å². The highest BCUT2D eigenvalue weighted by Crippen LogP contribution is 2.30. The molecule has 1 heterocycles. The molecule has 0 saturated carbocycles. The fourth-order valence-electron chi connectivity index (χ4n) is 1.98. The third-order valence-electron chi connectivity index (χ3n) is 3.04. The highest BCUT2D eigenvalue weighted by atomic mass is 79.9. The summed E-state index contributed by atoms with van der Waals surface area (Å²) < 4.78 is 12.0. The predicted molar refractivity (Wildman–Crippen MR) is 86.2 cm³/mol. The number of hydrogen-bond acceptors (Lipinski definition) is 4. The maximum absolute atomic E-state index is 12.0. The number of hydrogen-bond donors (Lipinski definition) is 1. The molecule has 0 bridgehead atoms. The summed E-state index contributed by atoms with van der Waals surface area (Å²) in [4.78, 5) is 12.0. The normalized spacial score (nSPS) is 16.5. The summed E-state index contributed by atoms with van der Waals surface area (Å²) in [6.45, 7) is 0.162. The number of para-hydroxylation sites is 2. The lowest BCUT2D eigenvalue weighted by Gasteiger charge is -2.24. The van der Waals surface area contributed by atoms with Crippen LogP contribution in [0.25, 0.3) is 0 Å².